The van der Waals surface area contributed by atoms with Crippen LogP contribution in [-0.4, -0.2) is 26.2 Å². The zero-order valence-electron chi connectivity index (χ0n) is 20.1. The number of amides is 1. The lowest BCUT2D eigenvalue weighted by Crippen LogP contribution is -2.31. The number of allylic oxidation sites excluding steroid dienone is 1. The predicted molar refractivity (Wildman–Crippen MR) is 139 cm³/mol. The smallest absolute Gasteiger partial charge is 0.243 e. The van der Waals surface area contributed by atoms with E-state index in [4.69, 9.17) is 9.47 Å². The van der Waals surface area contributed by atoms with E-state index in [-0.39, 0.29) is 23.3 Å². The minimum Gasteiger partial charge on any atom is -0.497 e. The molecule has 0 radical (unpaired) electrons. The van der Waals surface area contributed by atoms with Crippen molar-refractivity contribution in [2.24, 2.45) is 5.92 Å². The van der Waals surface area contributed by atoms with Gasteiger partial charge in [-0.15, -0.1) is 0 Å². The van der Waals surface area contributed by atoms with Crippen LogP contribution in [0.3, 0.4) is 0 Å². The largest absolute Gasteiger partial charge is 0.497 e. The molecule has 1 heterocycles. The van der Waals surface area contributed by atoms with Crippen molar-refractivity contribution in [3.8, 4) is 11.5 Å². The molecular formula is C29H33NO3S. The molecule has 1 amide bonds. The molecule has 1 aromatic heterocycles. The molecule has 1 aliphatic rings. The van der Waals surface area contributed by atoms with Crippen LogP contribution in [0.2, 0.25) is 0 Å². The molecule has 0 bridgehead atoms. The molecule has 1 aliphatic carbocycles. The van der Waals surface area contributed by atoms with Gasteiger partial charge in [0.1, 0.15) is 11.5 Å². The van der Waals surface area contributed by atoms with Crippen LogP contribution in [0.1, 0.15) is 42.9 Å². The van der Waals surface area contributed by atoms with Crippen molar-refractivity contribution in [1.82, 2.24) is 5.32 Å². The number of aryl methyl sites for hydroxylation is 1. The lowest BCUT2D eigenvalue weighted by atomic mass is 9.85. The van der Waals surface area contributed by atoms with Gasteiger partial charge >= 0.3 is 0 Å². The Morgan fingerprint density at radius 3 is 2.38 bits per heavy atom. The summed E-state index contributed by atoms with van der Waals surface area (Å²) in [6, 6.07) is 18.8. The van der Waals surface area contributed by atoms with Crippen LogP contribution in [0.5, 0.6) is 11.5 Å². The van der Waals surface area contributed by atoms with E-state index in [1.54, 1.807) is 31.6 Å². The summed E-state index contributed by atoms with van der Waals surface area (Å²) in [6.07, 6.45) is 7.81. The topological polar surface area (TPSA) is 47.6 Å². The summed E-state index contributed by atoms with van der Waals surface area (Å²) in [5, 5.41) is 7.43. The van der Waals surface area contributed by atoms with E-state index in [0.717, 1.165) is 37.2 Å². The highest BCUT2D eigenvalue weighted by molar-refractivity contribution is 7.07. The molecule has 2 aromatic carbocycles. The van der Waals surface area contributed by atoms with Gasteiger partial charge in [-0.25, -0.2) is 0 Å². The molecule has 1 N–H and O–H groups in total. The summed E-state index contributed by atoms with van der Waals surface area (Å²) >= 11 is 1.73. The van der Waals surface area contributed by atoms with Crippen molar-refractivity contribution in [3.63, 3.8) is 0 Å². The zero-order chi connectivity index (χ0) is 24.0. The van der Waals surface area contributed by atoms with Crippen LogP contribution in [0.4, 0.5) is 0 Å². The van der Waals surface area contributed by atoms with Crippen LogP contribution in [0.15, 0.2) is 77.5 Å². The van der Waals surface area contributed by atoms with Crippen LogP contribution in [0.25, 0.3) is 0 Å². The molecule has 0 unspecified atom stereocenters. The molecule has 1 saturated carbocycles. The molecule has 4 nitrogen and oxygen atoms in total. The van der Waals surface area contributed by atoms with Crippen molar-refractivity contribution in [3.05, 3.63) is 94.2 Å². The number of ether oxygens (including phenoxy) is 2. The summed E-state index contributed by atoms with van der Waals surface area (Å²) in [7, 11) is 3.38. The SMILES string of the molecule is COc1cccc(C2(c3cccc(OC)c3)C[C@@H]2C=CC(=O)N[C@@H](C)CCCc2ccsc2)c1. The molecule has 34 heavy (non-hydrogen) atoms. The number of rotatable bonds is 11. The maximum absolute atomic E-state index is 12.6. The van der Waals surface area contributed by atoms with Gasteiger partial charge < -0.3 is 14.8 Å². The minimum atomic E-state index is -0.188. The highest BCUT2D eigenvalue weighted by Gasteiger charge is 2.55. The molecule has 2 atom stereocenters. The molecule has 4 rings (SSSR count). The van der Waals surface area contributed by atoms with E-state index in [0.29, 0.717) is 0 Å². The van der Waals surface area contributed by atoms with Crippen molar-refractivity contribution in [2.75, 3.05) is 14.2 Å². The monoisotopic (exact) mass is 475 g/mol. The Morgan fingerprint density at radius 2 is 1.79 bits per heavy atom. The fraction of sp³-hybridized carbons (Fsp3) is 0.345. The average molecular weight is 476 g/mol. The van der Waals surface area contributed by atoms with Crippen LogP contribution >= 0.6 is 11.3 Å². The first kappa shape index (κ1) is 24.1. The van der Waals surface area contributed by atoms with Crippen molar-refractivity contribution in [1.29, 1.82) is 0 Å². The van der Waals surface area contributed by atoms with Gasteiger partial charge in [-0.2, -0.15) is 11.3 Å². The van der Waals surface area contributed by atoms with Crippen molar-refractivity contribution < 1.29 is 14.3 Å². The lowest BCUT2D eigenvalue weighted by molar-refractivity contribution is -0.117. The number of hydrogen-bond acceptors (Lipinski definition) is 4. The highest BCUT2D eigenvalue weighted by atomic mass is 32.1. The van der Waals surface area contributed by atoms with Crippen LogP contribution < -0.4 is 14.8 Å². The van der Waals surface area contributed by atoms with E-state index >= 15 is 0 Å². The molecule has 1 fully saturated rings. The third-order valence-electron chi connectivity index (χ3n) is 6.74. The minimum absolute atomic E-state index is 0.0277. The maximum atomic E-state index is 12.6. The van der Waals surface area contributed by atoms with Crippen LogP contribution in [-0.2, 0) is 16.6 Å². The molecule has 0 aliphatic heterocycles. The summed E-state index contributed by atoms with van der Waals surface area (Å²) < 4.78 is 11.0. The van der Waals surface area contributed by atoms with E-state index in [9.17, 15) is 4.79 Å². The second kappa shape index (κ2) is 10.9. The van der Waals surface area contributed by atoms with Gasteiger partial charge in [-0.1, -0.05) is 30.3 Å². The van der Waals surface area contributed by atoms with Gasteiger partial charge in [0, 0.05) is 11.5 Å². The third-order valence-corrected chi connectivity index (χ3v) is 7.47. The maximum Gasteiger partial charge on any atom is 0.243 e. The van der Waals surface area contributed by atoms with Gasteiger partial charge in [-0.3, -0.25) is 4.79 Å². The van der Waals surface area contributed by atoms with Gasteiger partial charge in [0.15, 0.2) is 0 Å². The molecule has 5 heteroatoms. The van der Waals surface area contributed by atoms with Gasteiger partial charge in [0.05, 0.1) is 14.2 Å². The Labute approximate surface area is 206 Å². The van der Waals surface area contributed by atoms with Gasteiger partial charge in [0.25, 0.3) is 0 Å². The first-order valence-electron chi connectivity index (χ1n) is 11.8. The number of benzene rings is 2. The Hall–Kier alpha value is -3.05. The molecule has 0 spiro atoms. The molecular weight excluding hydrogens is 442 g/mol. The van der Waals surface area contributed by atoms with Gasteiger partial charge in [0.2, 0.25) is 5.91 Å². The average Bonchev–Trinajstić information content (AvgIpc) is 3.38. The number of nitrogens with one attached hydrogen (secondary N) is 1. The molecule has 178 valence electrons. The molecule has 0 saturated heterocycles. The van der Waals surface area contributed by atoms with E-state index in [1.807, 2.05) is 24.3 Å². The zero-order valence-corrected chi connectivity index (χ0v) is 20.9. The quantitative estimate of drug-likeness (QED) is 0.338. The fourth-order valence-corrected chi connectivity index (χ4v) is 5.47. The van der Waals surface area contributed by atoms with Gasteiger partial charge in [-0.05, 0) is 102 Å². The number of carbonyl (C=O) groups is 1. The standard InChI is InChI=1S/C29H33NO3S/c1-21(7-4-8-22-15-16-34-20-22)30-28(31)14-13-25-19-29(25,23-9-5-11-26(17-23)32-2)24-10-6-12-27(18-24)33-3/h5-6,9-18,20-21,25H,4,7-8,19H2,1-3H3,(H,30,31)/t21-,25-/m0/s1. The van der Waals surface area contributed by atoms with Crippen molar-refractivity contribution >= 4 is 17.2 Å². The number of hydrogen-bond donors (Lipinski definition) is 1. The first-order chi connectivity index (χ1) is 16.5. The number of carbonyl (C=O) groups excluding carboxylic acids is 1. The van der Waals surface area contributed by atoms with E-state index < -0.39 is 0 Å². The molecule has 3 aromatic rings. The van der Waals surface area contributed by atoms with E-state index in [2.05, 4.69) is 59.4 Å². The Morgan fingerprint density at radius 1 is 1.12 bits per heavy atom. The number of thiophene rings is 1. The highest BCUT2D eigenvalue weighted by Crippen LogP contribution is 2.60. The Kier molecular flexibility index (Phi) is 7.73. The predicted octanol–water partition coefficient (Wildman–Crippen LogP) is 6.16. The summed E-state index contributed by atoms with van der Waals surface area (Å²) in [4.78, 5) is 12.6. The lowest BCUT2D eigenvalue weighted by Gasteiger charge is -2.20. The summed E-state index contributed by atoms with van der Waals surface area (Å²) in [5.41, 5.74) is 3.57. The second-order valence-electron chi connectivity index (χ2n) is 9.04. The van der Waals surface area contributed by atoms with E-state index in [1.165, 1.54) is 16.7 Å². The number of methoxy groups -OCH3 is 2. The first-order valence-corrected chi connectivity index (χ1v) is 12.8. The second-order valence-corrected chi connectivity index (χ2v) is 9.82. The fourth-order valence-electron chi connectivity index (χ4n) is 4.77. The van der Waals surface area contributed by atoms with Crippen molar-refractivity contribution in [2.45, 2.75) is 44.1 Å². The summed E-state index contributed by atoms with van der Waals surface area (Å²) in [6.45, 7) is 2.08. The Balaban J connectivity index is 1.43. The summed E-state index contributed by atoms with van der Waals surface area (Å²) in [5.74, 6) is 1.87. The third kappa shape index (κ3) is 5.53. The van der Waals surface area contributed by atoms with Crippen LogP contribution in [0, 0.1) is 5.92 Å². The Bertz CT molecular complexity index is 1070. The normalized spacial score (nSPS) is 17.3.